The van der Waals surface area contributed by atoms with Crippen molar-refractivity contribution >= 4 is 36.0 Å². The minimum absolute atomic E-state index is 0.225. The molecule has 8 heteroatoms. The first-order valence-corrected chi connectivity index (χ1v) is 9.82. The highest BCUT2D eigenvalue weighted by atomic mass is 32.2. The van der Waals surface area contributed by atoms with Gasteiger partial charge in [0.1, 0.15) is 0 Å². The van der Waals surface area contributed by atoms with E-state index >= 15 is 0 Å². The normalized spacial score (nSPS) is 10.5. The van der Waals surface area contributed by atoms with Crippen molar-refractivity contribution in [3.05, 3.63) is 0 Å². The van der Waals surface area contributed by atoms with E-state index in [1.807, 2.05) is 13.8 Å². The average molecular weight is 369 g/mol. The molecule has 23 heavy (non-hydrogen) atoms. The molecule has 0 amide bonds. The van der Waals surface area contributed by atoms with Crippen molar-refractivity contribution in [3.8, 4) is 0 Å². The van der Waals surface area contributed by atoms with E-state index in [0.717, 1.165) is 43.3 Å². The lowest BCUT2D eigenvalue weighted by molar-refractivity contribution is -0.142. The van der Waals surface area contributed by atoms with E-state index in [1.165, 1.54) is 0 Å². The predicted octanol–water partition coefficient (Wildman–Crippen LogP) is 4.09. The third kappa shape index (κ3) is 17.7. The van der Waals surface area contributed by atoms with Crippen LogP contribution in [0.5, 0.6) is 0 Å². The molecule has 0 aromatic heterocycles. The molecular weight excluding hydrogens is 340 g/mol. The Kier molecular flexibility index (Phi) is 17.6. The Hall–Kier alpha value is -0.440. The topological polar surface area (TPSA) is 71.1 Å². The Labute approximate surface area is 147 Å². The largest absolute Gasteiger partial charge is 0.452 e. The number of hydrogen-bond acceptors (Lipinski definition) is 8. The van der Waals surface area contributed by atoms with Crippen LogP contribution in [-0.2, 0) is 27.4 Å². The van der Waals surface area contributed by atoms with Crippen LogP contribution in [0.4, 0.5) is 0 Å². The second-order valence-electron chi connectivity index (χ2n) is 4.71. The molecule has 0 saturated heterocycles. The molecule has 0 rings (SSSR count). The molecule has 0 bridgehead atoms. The summed E-state index contributed by atoms with van der Waals surface area (Å²) in [4.78, 5) is 22.8. The SMILES string of the molecule is CCCOSCOC(=O)CCCCCC(=O)OCSOCCC. The van der Waals surface area contributed by atoms with Gasteiger partial charge in [-0.05, 0) is 25.7 Å². The Balaban J connectivity index is 3.30. The highest BCUT2D eigenvalue weighted by Gasteiger charge is 2.05. The standard InChI is InChI=1S/C15H28O6S2/c1-3-10-20-22-12-18-14(16)8-6-5-7-9-15(17)19-13-23-21-11-4-2/h3-13H2,1-2H3. The summed E-state index contributed by atoms with van der Waals surface area (Å²) in [6.07, 6.45) is 4.82. The van der Waals surface area contributed by atoms with Gasteiger partial charge < -0.3 is 17.8 Å². The minimum atomic E-state index is -0.232. The smallest absolute Gasteiger partial charge is 0.306 e. The zero-order valence-corrected chi connectivity index (χ0v) is 15.7. The third-order valence-electron chi connectivity index (χ3n) is 2.54. The van der Waals surface area contributed by atoms with Crippen LogP contribution >= 0.6 is 24.1 Å². The first-order chi connectivity index (χ1) is 11.2. The molecule has 6 nitrogen and oxygen atoms in total. The molecule has 0 unspecified atom stereocenters. The van der Waals surface area contributed by atoms with Gasteiger partial charge in [0.15, 0.2) is 11.9 Å². The van der Waals surface area contributed by atoms with Crippen LogP contribution in [0.2, 0.25) is 0 Å². The summed E-state index contributed by atoms with van der Waals surface area (Å²) in [6, 6.07) is 0. The van der Waals surface area contributed by atoms with Crippen molar-refractivity contribution in [2.75, 3.05) is 25.1 Å². The number of hydrogen-bond donors (Lipinski definition) is 0. The Morgan fingerprint density at radius 1 is 0.739 bits per heavy atom. The summed E-state index contributed by atoms with van der Waals surface area (Å²) in [5, 5.41) is 0. The Morgan fingerprint density at radius 2 is 1.17 bits per heavy atom. The number of rotatable bonds is 16. The van der Waals surface area contributed by atoms with Crippen molar-refractivity contribution in [2.24, 2.45) is 0 Å². The van der Waals surface area contributed by atoms with Crippen LogP contribution in [-0.4, -0.2) is 37.0 Å². The van der Waals surface area contributed by atoms with Gasteiger partial charge in [-0.1, -0.05) is 20.3 Å². The number of carbonyl (C=O) groups is 2. The summed E-state index contributed by atoms with van der Waals surface area (Å²) in [5.74, 6) is -0.0134. The first kappa shape index (κ1) is 22.6. The maximum atomic E-state index is 11.4. The van der Waals surface area contributed by atoms with Gasteiger partial charge in [-0.25, -0.2) is 0 Å². The lowest BCUT2D eigenvalue weighted by Gasteiger charge is -2.05. The molecule has 0 saturated carbocycles. The molecule has 0 aromatic rings. The van der Waals surface area contributed by atoms with Crippen LogP contribution in [0.25, 0.3) is 0 Å². The van der Waals surface area contributed by atoms with Gasteiger partial charge in [-0.15, -0.1) is 0 Å². The van der Waals surface area contributed by atoms with E-state index in [-0.39, 0.29) is 23.8 Å². The fourth-order valence-corrected chi connectivity index (χ4v) is 2.46. The summed E-state index contributed by atoms with van der Waals surface area (Å²) >= 11 is 2.30. The number of ether oxygens (including phenoxy) is 2. The molecule has 0 aliphatic carbocycles. The lowest BCUT2D eigenvalue weighted by Crippen LogP contribution is -2.05. The van der Waals surface area contributed by atoms with E-state index < -0.39 is 0 Å². The molecule has 0 N–H and O–H groups in total. The molecule has 0 spiro atoms. The van der Waals surface area contributed by atoms with Crippen molar-refractivity contribution < 1.29 is 27.4 Å². The van der Waals surface area contributed by atoms with Crippen molar-refractivity contribution in [1.82, 2.24) is 0 Å². The fourth-order valence-electron chi connectivity index (χ4n) is 1.39. The summed E-state index contributed by atoms with van der Waals surface area (Å²) < 4.78 is 20.3. The van der Waals surface area contributed by atoms with Gasteiger partial charge in [0.2, 0.25) is 0 Å². The molecule has 0 atom stereocenters. The van der Waals surface area contributed by atoms with Gasteiger partial charge in [0.05, 0.1) is 13.2 Å². The van der Waals surface area contributed by atoms with Crippen LogP contribution in [0, 0.1) is 0 Å². The third-order valence-corrected chi connectivity index (χ3v) is 3.63. The van der Waals surface area contributed by atoms with Gasteiger partial charge in [-0.3, -0.25) is 9.59 Å². The van der Waals surface area contributed by atoms with Crippen LogP contribution in [0.15, 0.2) is 0 Å². The number of carbonyl (C=O) groups excluding carboxylic acids is 2. The van der Waals surface area contributed by atoms with E-state index in [1.54, 1.807) is 0 Å². The van der Waals surface area contributed by atoms with Crippen LogP contribution in [0.3, 0.4) is 0 Å². The van der Waals surface area contributed by atoms with E-state index in [2.05, 4.69) is 0 Å². The van der Waals surface area contributed by atoms with Crippen LogP contribution < -0.4 is 0 Å². The maximum absolute atomic E-state index is 11.4. The predicted molar refractivity (Wildman–Crippen MR) is 92.7 cm³/mol. The minimum Gasteiger partial charge on any atom is -0.452 e. The summed E-state index contributed by atoms with van der Waals surface area (Å²) in [5.41, 5.74) is 0. The van der Waals surface area contributed by atoms with Crippen LogP contribution in [0.1, 0.15) is 58.8 Å². The van der Waals surface area contributed by atoms with E-state index in [0.29, 0.717) is 38.9 Å². The first-order valence-electron chi connectivity index (χ1n) is 8.00. The molecule has 0 aliphatic heterocycles. The summed E-state index contributed by atoms with van der Waals surface area (Å²) in [7, 11) is 0. The molecule has 0 aromatic carbocycles. The molecule has 0 radical (unpaired) electrons. The van der Waals surface area contributed by atoms with Crippen molar-refractivity contribution in [1.29, 1.82) is 0 Å². The lowest BCUT2D eigenvalue weighted by atomic mass is 10.1. The van der Waals surface area contributed by atoms with Gasteiger partial charge in [0.25, 0.3) is 0 Å². The average Bonchev–Trinajstić information content (AvgIpc) is 2.54. The fraction of sp³-hybridized carbons (Fsp3) is 0.867. The molecule has 136 valence electrons. The van der Waals surface area contributed by atoms with Gasteiger partial charge >= 0.3 is 11.9 Å². The van der Waals surface area contributed by atoms with E-state index in [9.17, 15) is 9.59 Å². The Bertz CT molecular complexity index is 274. The maximum Gasteiger partial charge on any atom is 0.306 e. The van der Waals surface area contributed by atoms with Crippen molar-refractivity contribution in [3.63, 3.8) is 0 Å². The van der Waals surface area contributed by atoms with Gasteiger partial charge in [0, 0.05) is 36.9 Å². The summed E-state index contributed by atoms with van der Waals surface area (Å²) in [6.45, 7) is 5.34. The number of esters is 2. The Morgan fingerprint density at radius 3 is 1.57 bits per heavy atom. The highest BCUT2D eigenvalue weighted by Crippen LogP contribution is 2.09. The quantitative estimate of drug-likeness (QED) is 0.175. The molecule has 0 fully saturated rings. The zero-order chi connectivity index (χ0) is 17.2. The second kappa shape index (κ2) is 17.9. The molecule has 0 heterocycles. The van der Waals surface area contributed by atoms with E-state index in [4.69, 9.17) is 17.8 Å². The zero-order valence-electron chi connectivity index (χ0n) is 14.0. The number of unbranched alkanes of at least 4 members (excludes halogenated alkanes) is 2. The molecule has 0 aliphatic rings. The molecular formula is C15H28O6S2. The monoisotopic (exact) mass is 368 g/mol. The second-order valence-corrected chi connectivity index (χ2v) is 6.12. The van der Waals surface area contributed by atoms with Crippen molar-refractivity contribution in [2.45, 2.75) is 58.8 Å². The van der Waals surface area contributed by atoms with Gasteiger partial charge in [-0.2, -0.15) is 0 Å². The highest BCUT2D eigenvalue weighted by molar-refractivity contribution is 7.94.